The van der Waals surface area contributed by atoms with Crippen LogP contribution in [0.25, 0.3) is 33.4 Å². The van der Waals surface area contributed by atoms with E-state index in [1.165, 1.54) is 18.2 Å². The van der Waals surface area contributed by atoms with E-state index in [1.807, 2.05) is 37.2 Å². The summed E-state index contributed by atoms with van der Waals surface area (Å²) in [5.74, 6) is 3.67. The van der Waals surface area contributed by atoms with Gasteiger partial charge in [0.1, 0.15) is 23.1 Å². The van der Waals surface area contributed by atoms with Gasteiger partial charge in [-0.1, -0.05) is 17.9 Å². The number of hydrogen-bond donors (Lipinski definition) is 7. The lowest BCUT2D eigenvalue weighted by Gasteiger charge is -2.19. The van der Waals surface area contributed by atoms with Crippen molar-refractivity contribution in [1.29, 1.82) is 0 Å². The molecule has 2 unspecified atom stereocenters. The average Bonchev–Trinajstić information content (AvgIpc) is 3.65. The first-order valence-electron chi connectivity index (χ1n) is 17.7. The van der Waals surface area contributed by atoms with Crippen molar-refractivity contribution < 1.29 is 70.3 Å². The molecule has 22 nitrogen and oxygen atoms in total. The Bertz CT molecular complexity index is 2930. The molecule has 1 saturated heterocycles. The third-order valence-electron chi connectivity index (χ3n) is 9.01. The Balaban J connectivity index is 1.16. The monoisotopic (exact) mass is 903 g/mol. The van der Waals surface area contributed by atoms with Crippen LogP contribution in [0.1, 0.15) is 45.3 Å². The summed E-state index contributed by atoms with van der Waals surface area (Å²) >= 11 is 0. The largest absolute Gasteiger partial charge is 0.490 e. The average molecular weight is 904 g/mol. The van der Waals surface area contributed by atoms with Crippen LogP contribution in [-0.2, 0) is 31.6 Å². The van der Waals surface area contributed by atoms with E-state index in [2.05, 4.69) is 40.3 Å². The molecule has 3 heterocycles. The molecule has 322 valence electrons. The Morgan fingerprint density at radius 2 is 1.72 bits per heavy atom. The van der Waals surface area contributed by atoms with Gasteiger partial charge in [-0.2, -0.15) is 8.62 Å². The lowest BCUT2D eigenvalue weighted by Crippen LogP contribution is -2.33. The number of phosphoric ester groups is 1. The van der Waals surface area contributed by atoms with Crippen LogP contribution in [0.3, 0.4) is 0 Å². The van der Waals surface area contributed by atoms with Crippen LogP contribution in [0.15, 0.2) is 79.8 Å². The summed E-state index contributed by atoms with van der Waals surface area (Å²) in [6, 6.07) is 15.1. The molecule has 7 N–H and O–H groups in total. The number of aromatic carboxylic acids is 1. The van der Waals surface area contributed by atoms with Crippen LogP contribution in [0.2, 0.25) is 0 Å². The number of carboxylic acids is 1. The summed E-state index contributed by atoms with van der Waals surface area (Å²) in [4.78, 5) is 95.7. The van der Waals surface area contributed by atoms with Crippen LogP contribution in [0, 0.1) is 11.8 Å². The van der Waals surface area contributed by atoms with Gasteiger partial charge in [0, 0.05) is 67.2 Å². The number of hydrogen-bond acceptors (Lipinski definition) is 14. The van der Waals surface area contributed by atoms with Crippen molar-refractivity contribution >= 4 is 52.0 Å². The quantitative estimate of drug-likeness (QED) is 0.0507. The van der Waals surface area contributed by atoms with E-state index < -0.39 is 65.5 Å². The second kappa shape index (κ2) is 17.8. The van der Waals surface area contributed by atoms with Gasteiger partial charge in [0.2, 0.25) is 0 Å². The van der Waals surface area contributed by atoms with Crippen molar-refractivity contribution in [2.45, 2.75) is 25.2 Å². The Morgan fingerprint density at radius 3 is 2.41 bits per heavy atom. The van der Waals surface area contributed by atoms with Crippen LogP contribution in [-0.4, -0.2) is 86.5 Å². The number of nitrogens with zero attached hydrogens (tertiary/aromatic N) is 3. The summed E-state index contributed by atoms with van der Waals surface area (Å²) in [6.07, 6.45) is -0.752. The maximum atomic E-state index is 13.2. The van der Waals surface area contributed by atoms with Gasteiger partial charge in [-0.05, 0) is 54.8 Å². The highest BCUT2D eigenvalue weighted by Crippen LogP contribution is 2.66. The van der Waals surface area contributed by atoms with Gasteiger partial charge in [-0.15, -0.1) is 0 Å². The molecular formula is C36H36N5O17P3. The number of rotatable bonds is 13. The number of carbonyl (C=O) groups is 2. The van der Waals surface area contributed by atoms with Crippen LogP contribution in [0.4, 0.5) is 5.69 Å². The fourth-order valence-electron chi connectivity index (χ4n) is 6.30. The second-order valence-electron chi connectivity index (χ2n) is 13.4. The smallest absolute Gasteiger partial charge is 0.478 e. The number of benzene rings is 3. The summed E-state index contributed by atoms with van der Waals surface area (Å²) in [7, 11) is -11.3. The van der Waals surface area contributed by atoms with Crippen molar-refractivity contribution in [2.24, 2.45) is 4.99 Å². The molecule has 1 fully saturated rings. The lowest BCUT2D eigenvalue weighted by atomic mass is 9.89. The van der Waals surface area contributed by atoms with Crippen molar-refractivity contribution in [3.63, 3.8) is 0 Å². The molecule has 6 rings (SSSR count). The molecule has 4 atom stereocenters. The second-order valence-corrected chi connectivity index (χ2v) is 17.8. The number of H-pyrrole nitrogens is 1. The summed E-state index contributed by atoms with van der Waals surface area (Å²) in [6.45, 7) is -1.05. The molecule has 3 aliphatic rings. The normalized spacial score (nSPS) is 17.7. The molecule has 2 aromatic carbocycles. The molecule has 1 aromatic heterocycles. The van der Waals surface area contributed by atoms with Gasteiger partial charge in [0.15, 0.2) is 0 Å². The maximum absolute atomic E-state index is 13.2. The topological polar surface area (TPSA) is 319 Å². The van der Waals surface area contributed by atoms with E-state index in [4.69, 9.17) is 18.9 Å². The number of phosphoric acid groups is 3. The summed E-state index contributed by atoms with van der Waals surface area (Å²) < 4.78 is 59.3. The van der Waals surface area contributed by atoms with E-state index in [0.717, 1.165) is 16.5 Å². The van der Waals surface area contributed by atoms with E-state index >= 15 is 0 Å². The van der Waals surface area contributed by atoms with Crippen molar-refractivity contribution in [3.05, 3.63) is 104 Å². The number of anilines is 1. The van der Waals surface area contributed by atoms with E-state index in [9.17, 15) is 47.8 Å². The van der Waals surface area contributed by atoms with E-state index in [0.29, 0.717) is 38.8 Å². The number of ether oxygens (including phenoxy) is 1. The minimum atomic E-state index is -5.73. The Kier molecular flexibility index (Phi) is 13.2. The molecule has 2 aliphatic heterocycles. The van der Waals surface area contributed by atoms with Gasteiger partial charge in [-0.25, -0.2) is 23.3 Å². The summed E-state index contributed by atoms with van der Waals surface area (Å²) in [5.41, 5.74) is 0.762. The van der Waals surface area contributed by atoms with Crippen molar-refractivity contribution in [2.75, 3.05) is 39.2 Å². The Hall–Kier alpha value is -5.52. The number of fused-ring (bicyclic) bond motifs is 2. The number of nitrogens with one attached hydrogen (secondary N) is 2. The molecular weight excluding hydrogens is 867 g/mol. The number of amides is 1. The molecule has 25 heteroatoms. The van der Waals surface area contributed by atoms with Gasteiger partial charge >= 0.3 is 35.1 Å². The molecule has 3 aromatic rings. The Morgan fingerprint density at radius 1 is 0.984 bits per heavy atom. The van der Waals surface area contributed by atoms with E-state index in [-0.39, 0.29) is 36.1 Å². The van der Waals surface area contributed by atoms with Crippen molar-refractivity contribution in [1.82, 2.24) is 14.9 Å². The van der Waals surface area contributed by atoms with Crippen LogP contribution < -0.4 is 26.8 Å². The zero-order valence-corrected chi connectivity index (χ0v) is 34.8. The van der Waals surface area contributed by atoms with Crippen molar-refractivity contribution in [3.8, 4) is 34.3 Å². The third kappa shape index (κ3) is 10.9. The van der Waals surface area contributed by atoms with E-state index in [1.54, 1.807) is 25.2 Å². The molecule has 61 heavy (non-hydrogen) atoms. The minimum absolute atomic E-state index is 0.00594. The number of aromatic amines is 1. The van der Waals surface area contributed by atoms with Crippen LogP contribution in [0.5, 0.6) is 0 Å². The first kappa shape index (κ1) is 45.0. The minimum Gasteiger partial charge on any atom is -0.478 e. The maximum Gasteiger partial charge on any atom is 0.490 e. The lowest BCUT2D eigenvalue weighted by molar-refractivity contribution is -0.0243. The van der Waals surface area contributed by atoms with Gasteiger partial charge < -0.3 is 44.1 Å². The standard InChI is InChI=1S/C36H36N5O17P3/c1-37-22-7-11-26-29(16-22)56-30-17-23(40(2)3)8-12-27(30)32(26)25-10-6-20(15-28(25)35(44)45)33(42)38-14-4-5-21-18-41(36(46)39-34(21)43)31-13-9-24(55-31)19-54-60(50,51)58-61(52,53)57-59(47,48)49/h6-8,10-12,15-18,24,31H,9,13-14,19H2,1-3H3,(H,38,42)(H,44,45)(H,50,51)(H,52,53)(H,39,43,46)(H2,47,48,49)/t24-,31+/m0/s1. The zero-order valence-electron chi connectivity index (χ0n) is 32.1. The van der Waals surface area contributed by atoms with Gasteiger partial charge in [0.25, 0.3) is 11.5 Å². The van der Waals surface area contributed by atoms with Gasteiger partial charge in [0.05, 0.1) is 30.2 Å². The molecule has 0 bridgehead atoms. The molecule has 1 aliphatic carbocycles. The first-order chi connectivity index (χ1) is 28.6. The van der Waals surface area contributed by atoms with Gasteiger partial charge in [-0.3, -0.25) is 28.7 Å². The molecule has 0 saturated carbocycles. The predicted molar refractivity (Wildman–Crippen MR) is 215 cm³/mol. The van der Waals surface area contributed by atoms with Crippen LogP contribution >= 0.6 is 23.5 Å². The molecule has 1 amide bonds. The molecule has 0 radical (unpaired) electrons. The zero-order chi connectivity index (χ0) is 44.4. The highest BCUT2D eigenvalue weighted by molar-refractivity contribution is 7.66. The Labute approximate surface area is 343 Å². The fourth-order valence-corrected chi connectivity index (χ4v) is 9.35. The third-order valence-corrected chi connectivity index (χ3v) is 12.8. The predicted octanol–water partition coefficient (Wildman–Crippen LogP) is 3.15. The number of aromatic nitrogens is 2. The SMILES string of the molecule is CN=c1ccc2c(-c3ccc(C(=O)NCC#Cc4cn([C@H]5CC[C@@H](COP(=O)(O)OP(=O)(O)OP(=O)(O)O)O5)c(=O)[nH]c4=O)cc3C(=O)O)c3ccc(N(C)C)cc3oc-2c1. The first-order valence-corrected chi connectivity index (χ1v) is 22.2. The fraction of sp³-hybridized carbons (Fsp3) is 0.250. The molecule has 0 spiro atoms. The summed E-state index contributed by atoms with van der Waals surface area (Å²) in [5, 5.41) is 14.2. The number of carbonyl (C=O) groups excluding carboxylic acids is 1. The highest BCUT2D eigenvalue weighted by Gasteiger charge is 2.41. The highest BCUT2D eigenvalue weighted by atomic mass is 31.3. The number of carboxylic acid groups (broad SMARTS) is 1.